The maximum atomic E-state index is 6.06. The zero-order valence-electron chi connectivity index (χ0n) is 10.1. The first-order valence-corrected chi connectivity index (χ1v) is 7.17. The standard InChI is InChI=1S/C13H16BrClO3/c1-16-6-7-17-13-9(14)8-12(13)18-11-5-3-2-4-10(11)15/h2-5,9,12-13H,6-8H2,1H3. The predicted octanol–water partition coefficient (Wildman–Crippen LogP) is 3.29. The van der Waals surface area contributed by atoms with E-state index in [1.807, 2.05) is 24.3 Å². The first kappa shape index (κ1) is 14.1. The van der Waals surface area contributed by atoms with E-state index in [2.05, 4.69) is 15.9 Å². The zero-order chi connectivity index (χ0) is 13.0. The molecule has 0 spiro atoms. The summed E-state index contributed by atoms with van der Waals surface area (Å²) in [7, 11) is 1.66. The van der Waals surface area contributed by atoms with Gasteiger partial charge in [-0.2, -0.15) is 0 Å². The fourth-order valence-electron chi connectivity index (χ4n) is 1.83. The van der Waals surface area contributed by atoms with Gasteiger partial charge in [-0.1, -0.05) is 39.7 Å². The number of alkyl halides is 1. The van der Waals surface area contributed by atoms with Gasteiger partial charge < -0.3 is 14.2 Å². The third-order valence-corrected chi connectivity index (χ3v) is 4.10. The molecule has 1 aliphatic carbocycles. The van der Waals surface area contributed by atoms with Gasteiger partial charge in [0.15, 0.2) is 0 Å². The third-order valence-electron chi connectivity index (χ3n) is 2.89. The van der Waals surface area contributed by atoms with Gasteiger partial charge in [0.2, 0.25) is 0 Å². The minimum Gasteiger partial charge on any atom is -0.486 e. The molecule has 0 heterocycles. The highest BCUT2D eigenvalue weighted by molar-refractivity contribution is 9.09. The van der Waals surface area contributed by atoms with Crippen LogP contribution in [0.25, 0.3) is 0 Å². The molecule has 1 fully saturated rings. The van der Waals surface area contributed by atoms with Crippen molar-refractivity contribution >= 4 is 27.5 Å². The average Bonchev–Trinajstić information content (AvgIpc) is 2.36. The summed E-state index contributed by atoms with van der Waals surface area (Å²) in [6.07, 6.45) is 1.02. The monoisotopic (exact) mass is 334 g/mol. The Bertz CT molecular complexity index is 388. The van der Waals surface area contributed by atoms with Gasteiger partial charge in [0.05, 0.1) is 18.2 Å². The van der Waals surface area contributed by atoms with Crippen LogP contribution in [0.2, 0.25) is 5.02 Å². The molecule has 3 nitrogen and oxygen atoms in total. The van der Waals surface area contributed by atoms with Crippen molar-refractivity contribution in [1.82, 2.24) is 0 Å². The molecule has 1 aromatic rings. The normalized spacial score (nSPS) is 26.7. The van der Waals surface area contributed by atoms with Crippen LogP contribution < -0.4 is 4.74 Å². The van der Waals surface area contributed by atoms with Gasteiger partial charge in [0, 0.05) is 18.4 Å². The number of para-hydroxylation sites is 1. The lowest BCUT2D eigenvalue weighted by Gasteiger charge is -2.41. The van der Waals surface area contributed by atoms with E-state index in [1.165, 1.54) is 0 Å². The molecule has 0 amide bonds. The van der Waals surface area contributed by atoms with Gasteiger partial charge in [0.1, 0.15) is 18.0 Å². The summed E-state index contributed by atoms with van der Waals surface area (Å²) in [5.74, 6) is 0.712. The van der Waals surface area contributed by atoms with Crippen LogP contribution in [0.4, 0.5) is 0 Å². The molecule has 3 atom stereocenters. The smallest absolute Gasteiger partial charge is 0.138 e. The summed E-state index contributed by atoms with van der Waals surface area (Å²) >= 11 is 9.63. The number of hydrogen-bond donors (Lipinski definition) is 0. The van der Waals surface area contributed by atoms with Gasteiger partial charge in [0.25, 0.3) is 0 Å². The third kappa shape index (κ3) is 3.38. The minimum atomic E-state index is 0.0473. The Kier molecular flexibility index (Phi) is 5.30. The molecule has 18 heavy (non-hydrogen) atoms. The second-order valence-electron chi connectivity index (χ2n) is 4.17. The SMILES string of the molecule is COCCOC1C(Br)CC1Oc1ccccc1Cl. The van der Waals surface area contributed by atoms with Crippen molar-refractivity contribution in [2.45, 2.75) is 23.5 Å². The summed E-state index contributed by atoms with van der Waals surface area (Å²) in [5.41, 5.74) is 0. The van der Waals surface area contributed by atoms with E-state index in [9.17, 15) is 0 Å². The minimum absolute atomic E-state index is 0.0473. The van der Waals surface area contributed by atoms with Crippen LogP contribution in [0.15, 0.2) is 24.3 Å². The van der Waals surface area contributed by atoms with Gasteiger partial charge >= 0.3 is 0 Å². The van der Waals surface area contributed by atoms with Crippen LogP contribution in [-0.4, -0.2) is 37.4 Å². The lowest BCUT2D eigenvalue weighted by atomic mass is 9.91. The first-order chi connectivity index (χ1) is 8.72. The summed E-state index contributed by atoms with van der Waals surface area (Å²) in [5, 5.41) is 0.631. The van der Waals surface area contributed by atoms with Crippen LogP contribution in [0, 0.1) is 0 Å². The molecule has 3 unspecified atom stereocenters. The lowest BCUT2D eigenvalue weighted by molar-refractivity contribution is -0.0865. The molecular weight excluding hydrogens is 319 g/mol. The zero-order valence-corrected chi connectivity index (χ0v) is 12.5. The summed E-state index contributed by atoms with van der Waals surface area (Å²) in [6.45, 7) is 1.17. The van der Waals surface area contributed by atoms with Crippen LogP contribution in [0.1, 0.15) is 6.42 Å². The van der Waals surface area contributed by atoms with E-state index in [0.717, 1.165) is 6.42 Å². The number of methoxy groups -OCH3 is 1. The Morgan fingerprint density at radius 2 is 2.11 bits per heavy atom. The second-order valence-corrected chi connectivity index (χ2v) is 5.75. The van der Waals surface area contributed by atoms with E-state index >= 15 is 0 Å². The molecule has 0 saturated heterocycles. The molecule has 1 saturated carbocycles. The fraction of sp³-hybridized carbons (Fsp3) is 0.538. The van der Waals surface area contributed by atoms with E-state index in [1.54, 1.807) is 7.11 Å². The largest absolute Gasteiger partial charge is 0.486 e. The van der Waals surface area contributed by atoms with Crippen molar-refractivity contribution in [1.29, 1.82) is 0 Å². The second kappa shape index (κ2) is 6.75. The Morgan fingerprint density at radius 1 is 1.33 bits per heavy atom. The Hall–Kier alpha value is -0.290. The molecule has 2 rings (SSSR count). The number of rotatable bonds is 6. The molecule has 5 heteroatoms. The molecule has 0 radical (unpaired) electrons. The first-order valence-electron chi connectivity index (χ1n) is 5.88. The predicted molar refractivity (Wildman–Crippen MR) is 74.8 cm³/mol. The van der Waals surface area contributed by atoms with Crippen LogP contribution in [-0.2, 0) is 9.47 Å². The fourth-order valence-corrected chi connectivity index (χ4v) is 2.87. The van der Waals surface area contributed by atoms with E-state index in [0.29, 0.717) is 28.8 Å². The Labute approximate surface area is 120 Å². The van der Waals surface area contributed by atoms with Crippen LogP contribution >= 0.6 is 27.5 Å². The van der Waals surface area contributed by atoms with Crippen molar-refractivity contribution in [2.75, 3.05) is 20.3 Å². The van der Waals surface area contributed by atoms with Gasteiger partial charge in [-0.3, -0.25) is 0 Å². The summed E-state index contributed by atoms with van der Waals surface area (Å²) < 4.78 is 16.5. The Morgan fingerprint density at radius 3 is 2.78 bits per heavy atom. The molecule has 0 N–H and O–H groups in total. The van der Waals surface area contributed by atoms with Crippen LogP contribution in [0.5, 0.6) is 5.75 Å². The topological polar surface area (TPSA) is 27.7 Å². The van der Waals surface area contributed by atoms with Crippen molar-refractivity contribution in [2.24, 2.45) is 0 Å². The number of benzene rings is 1. The average molecular weight is 336 g/mol. The van der Waals surface area contributed by atoms with Crippen LogP contribution in [0.3, 0.4) is 0 Å². The Balaban J connectivity index is 1.88. The molecular formula is C13H16BrClO3. The molecule has 0 bridgehead atoms. The molecule has 0 aliphatic heterocycles. The summed E-state index contributed by atoms with van der Waals surface area (Å²) in [4.78, 5) is 0.335. The molecule has 1 aliphatic rings. The van der Waals surface area contributed by atoms with Gasteiger partial charge in [-0.15, -0.1) is 0 Å². The van der Waals surface area contributed by atoms with Crippen molar-refractivity contribution in [3.63, 3.8) is 0 Å². The van der Waals surface area contributed by atoms with E-state index in [-0.39, 0.29) is 12.2 Å². The summed E-state index contributed by atoms with van der Waals surface area (Å²) in [6, 6.07) is 7.49. The van der Waals surface area contributed by atoms with E-state index in [4.69, 9.17) is 25.8 Å². The highest BCUT2D eigenvalue weighted by atomic mass is 79.9. The van der Waals surface area contributed by atoms with Gasteiger partial charge in [-0.05, 0) is 12.1 Å². The molecule has 0 aromatic heterocycles. The molecule has 1 aromatic carbocycles. The quantitative estimate of drug-likeness (QED) is 0.590. The van der Waals surface area contributed by atoms with Crippen molar-refractivity contribution < 1.29 is 14.2 Å². The highest BCUT2D eigenvalue weighted by Gasteiger charge is 2.42. The molecule has 100 valence electrons. The lowest BCUT2D eigenvalue weighted by Crippen LogP contribution is -2.52. The maximum absolute atomic E-state index is 6.06. The van der Waals surface area contributed by atoms with Crippen molar-refractivity contribution in [3.8, 4) is 5.75 Å². The maximum Gasteiger partial charge on any atom is 0.138 e. The number of halogens is 2. The highest BCUT2D eigenvalue weighted by Crippen LogP contribution is 2.36. The number of hydrogen-bond acceptors (Lipinski definition) is 3. The number of ether oxygens (including phenoxy) is 3. The van der Waals surface area contributed by atoms with E-state index < -0.39 is 0 Å². The van der Waals surface area contributed by atoms with Gasteiger partial charge in [-0.25, -0.2) is 0 Å². The van der Waals surface area contributed by atoms with Crippen molar-refractivity contribution in [3.05, 3.63) is 29.3 Å².